The average Bonchev–Trinajstić information content (AvgIpc) is 2.83. The maximum atomic E-state index is 12.1. The third-order valence-electron chi connectivity index (χ3n) is 3.39. The number of nitrogens with one attached hydrogen (secondary N) is 1. The number of ether oxygens (including phenoxy) is 3. The van der Waals surface area contributed by atoms with Gasteiger partial charge in [-0.2, -0.15) is 0 Å². The van der Waals surface area contributed by atoms with Gasteiger partial charge in [0.15, 0.2) is 11.5 Å². The Hall–Kier alpha value is -2.17. The second kappa shape index (κ2) is 7.60. The van der Waals surface area contributed by atoms with Crippen LogP contribution >= 0.6 is 7.60 Å². The largest absolute Gasteiger partial charge is 0.493 e. The number of hydrogen-bond acceptors (Lipinski definition) is 7. The lowest BCUT2D eigenvalue weighted by Gasteiger charge is -2.19. The molecule has 11 nitrogen and oxygen atoms in total. The van der Waals surface area contributed by atoms with E-state index in [1.807, 2.05) is 0 Å². The lowest BCUT2D eigenvalue weighted by atomic mass is 10.1. The summed E-state index contributed by atoms with van der Waals surface area (Å²) in [6.07, 6.45) is -1.75. The number of rotatable bonds is 6. The molecule has 5 N–H and O–H groups in total. The van der Waals surface area contributed by atoms with Crippen molar-refractivity contribution in [3.05, 3.63) is 56.0 Å². The molecular weight excluding hydrogens is 369 g/mol. The van der Waals surface area contributed by atoms with E-state index in [1.54, 1.807) is 6.92 Å². The lowest BCUT2D eigenvalue weighted by Crippen LogP contribution is -2.33. The van der Waals surface area contributed by atoms with Gasteiger partial charge in [0.2, 0.25) is 6.23 Å². The van der Waals surface area contributed by atoms with E-state index in [9.17, 15) is 14.2 Å². The van der Waals surface area contributed by atoms with Crippen LogP contribution < -0.4 is 17.0 Å². The van der Waals surface area contributed by atoms with Crippen LogP contribution in [0.1, 0.15) is 20.1 Å². The van der Waals surface area contributed by atoms with Gasteiger partial charge in [-0.15, -0.1) is 0 Å². The monoisotopic (exact) mass is 389 g/mol. The third-order valence-corrected chi connectivity index (χ3v) is 4.14. The van der Waals surface area contributed by atoms with Crippen LogP contribution in [0, 0.1) is 0 Å². The quantitative estimate of drug-likeness (QED) is 0.377. The minimum Gasteiger partial charge on any atom is -0.493 e. The van der Waals surface area contributed by atoms with E-state index >= 15 is 0 Å². The summed E-state index contributed by atoms with van der Waals surface area (Å²) in [4.78, 5) is 43.7. The van der Waals surface area contributed by atoms with Crippen molar-refractivity contribution < 1.29 is 28.6 Å². The molecule has 2 unspecified atom stereocenters. The molecule has 1 aromatic rings. The number of methoxy groups -OCH3 is 1. The van der Waals surface area contributed by atoms with Gasteiger partial charge in [0, 0.05) is 18.1 Å². The molecule has 2 rings (SSSR count). The van der Waals surface area contributed by atoms with Gasteiger partial charge in [-0.25, -0.2) is 4.79 Å². The van der Waals surface area contributed by atoms with Crippen LogP contribution in [-0.2, 0) is 18.8 Å². The predicted octanol–water partition coefficient (Wildman–Crippen LogP) is -0.305. The maximum absolute atomic E-state index is 12.1. The standard InChI is InChI=1S/C14H20N3O8P/c1-7(6-26(20,21)22)10-11(24-8(2)15)12(23-3)13(25-10)17-5-4-9(18)16-14(17)19/h4-6,8,10,13H,15H2,1-3H3,(H,16,18,19)(H2,20,21,22)/b7-6+/t8?,10-,13?/m1/s1. The van der Waals surface area contributed by atoms with E-state index in [-0.39, 0.29) is 17.1 Å². The smallest absolute Gasteiger partial charge is 0.349 e. The van der Waals surface area contributed by atoms with Crippen LogP contribution in [0.2, 0.25) is 0 Å². The Morgan fingerprint density at radius 2 is 2.12 bits per heavy atom. The molecule has 0 bridgehead atoms. The van der Waals surface area contributed by atoms with Gasteiger partial charge in [0.1, 0.15) is 12.3 Å². The molecule has 0 spiro atoms. The zero-order valence-electron chi connectivity index (χ0n) is 14.3. The summed E-state index contributed by atoms with van der Waals surface area (Å²) in [6.45, 7) is 2.97. The van der Waals surface area contributed by atoms with E-state index in [1.165, 1.54) is 20.2 Å². The van der Waals surface area contributed by atoms with E-state index in [0.29, 0.717) is 0 Å². The van der Waals surface area contributed by atoms with Gasteiger partial charge in [-0.05, 0) is 19.4 Å². The fraction of sp³-hybridized carbons (Fsp3) is 0.429. The van der Waals surface area contributed by atoms with E-state index in [0.717, 1.165) is 16.5 Å². The number of hydrogen-bond donors (Lipinski definition) is 4. The molecule has 0 fully saturated rings. The summed E-state index contributed by atoms with van der Waals surface area (Å²) in [5, 5.41) is 0. The molecule has 0 amide bonds. The highest BCUT2D eigenvalue weighted by atomic mass is 31.2. The minimum atomic E-state index is -4.48. The molecule has 12 heteroatoms. The Balaban J connectivity index is 2.57. The normalized spacial score (nSPS) is 22.5. The van der Waals surface area contributed by atoms with Crippen LogP contribution in [0.25, 0.3) is 0 Å². The molecule has 1 aliphatic heterocycles. The van der Waals surface area contributed by atoms with Crippen LogP contribution in [-0.4, -0.2) is 38.8 Å². The highest BCUT2D eigenvalue weighted by molar-refractivity contribution is 7.55. The first-order chi connectivity index (χ1) is 12.0. The molecule has 144 valence electrons. The van der Waals surface area contributed by atoms with E-state index < -0.39 is 37.4 Å². The van der Waals surface area contributed by atoms with Gasteiger partial charge in [-0.3, -0.25) is 24.6 Å². The Kier molecular flexibility index (Phi) is 5.89. The van der Waals surface area contributed by atoms with Crippen molar-refractivity contribution >= 4 is 7.60 Å². The molecule has 0 aliphatic carbocycles. The van der Waals surface area contributed by atoms with Gasteiger partial charge in [0.25, 0.3) is 5.56 Å². The lowest BCUT2D eigenvalue weighted by molar-refractivity contribution is -0.0110. The summed E-state index contributed by atoms with van der Waals surface area (Å²) in [5.74, 6) is 0.890. The fourth-order valence-electron chi connectivity index (χ4n) is 2.48. The SMILES string of the molecule is COC1=C(OC(C)N)[C@@H](/C(C)=C/P(=O)(O)O)OC1n1ccc(=O)[nH]c1=O. The number of nitrogens with two attached hydrogens (primary N) is 1. The third kappa shape index (κ3) is 4.51. The number of nitrogens with zero attached hydrogens (tertiary/aromatic N) is 1. The first kappa shape index (κ1) is 20.1. The van der Waals surface area contributed by atoms with Crippen LogP contribution in [0.15, 0.2) is 44.8 Å². The van der Waals surface area contributed by atoms with Crippen LogP contribution in [0.4, 0.5) is 0 Å². The summed E-state index contributed by atoms with van der Waals surface area (Å²) in [7, 11) is -3.16. The second-order valence-corrected chi connectivity index (χ2v) is 7.04. The van der Waals surface area contributed by atoms with Crippen molar-refractivity contribution in [2.75, 3.05) is 7.11 Å². The molecule has 2 heterocycles. The molecule has 0 aromatic carbocycles. The van der Waals surface area contributed by atoms with Crippen molar-refractivity contribution in [3.8, 4) is 0 Å². The van der Waals surface area contributed by atoms with Gasteiger partial charge in [-0.1, -0.05) is 0 Å². The van der Waals surface area contributed by atoms with Crippen molar-refractivity contribution in [2.24, 2.45) is 5.73 Å². The highest BCUT2D eigenvalue weighted by Crippen LogP contribution is 2.43. The fourth-order valence-corrected chi connectivity index (χ4v) is 3.14. The van der Waals surface area contributed by atoms with E-state index in [2.05, 4.69) is 4.98 Å². The molecule has 26 heavy (non-hydrogen) atoms. The first-order valence-electron chi connectivity index (χ1n) is 7.45. The van der Waals surface area contributed by atoms with Crippen molar-refractivity contribution in [1.29, 1.82) is 0 Å². The summed E-state index contributed by atoms with van der Waals surface area (Å²) in [5.41, 5.74) is 4.45. The van der Waals surface area contributed by atoms with Crippen molar-refractivity contribution in [1.82, 2.24) is 9.55 Å². The van der Waals surface area contributed by atoms with Crippen LogP contribution in [0.3, 0.4) is 0 Å². The van der Waals surface area contributed by atoms with Crippen LogP contribution in [0.5, 0.6) is 0 Å². The molecule has 0 saturated carbocycles. The summed E-state index contributed by atoms with van der Waals surface area (Å²) < 4.78 is 28.9. The highest BCUT2D eigenvalue weighted by Gasteiger charge is 2.41. The maximum Gasteiger partial charge on any atom is 0.349 e. The van der Waals surface area contributed by atoms with Gasteiger partial charge >= 0.3 is 13.3 Å². The topological polar surface area (TPSA) is 166 Å². The Morgan fingerprint density at radius 1 is 1.46 bits per heavy atom. The number of aromatic amines is 1. The molecule has 3 atom stereocenters. The summed E-state index contributed by atoms with van der Waals surface area (Å²) >= 11 is 0. The summed E-state index contributed by atoms with van der Waals surface area (Å²) in [6, 6.07) is 1.12. The zero-order valence-corrected chi connectivity index (χ0v) is 15.2. The predicted molar refractivity (Wildman–Crippen MR) is 89.8 cm³/mol. The molecule has 0 radical (unpaired) electrons. The average molecular weight is 389 g/mol. The molecular formula is C14H20N3O8P. The Morgan fingerprint density at radius 3 is 2.62 bits per heavy atom. The van der Waals surface area contributed by atoms with Crippen molar-refractivity contribution in [2.45, 2.75) is 32.4 Å². The second-order valence-electron chi connectivity index (χ2n) is 5.60. The minimum absolute atomic E-state index is 0.0767. The van der Waals surface area contributed by atoms with Crippen molar-refractivity contribution in [3.63, 3.8) is 0 Å². The number of H-pyrrole nitrogens is 1. The molecule has 0 saturated heterocycles. The first-order valence-corrected chi connectivity index (χ1v) is 9.13. The Bertz CT molecular complexity index is 894. The van der Waals surface area contributed by atoms with Gasteiger partial charge in [0.05, 0.1) is 7.11 Å². The van der Waals surface area contributed by atoms with E-state index in [4.69, 9.17) is 29.7 Å². The molecule has 1 aliphatic rings. The zero-order chi connectivity index (χ0) is 19.6. The Labute approximate surface area is 147 Å². The van der Waals surface area contributed by atoms with Gasteiger partial charge < -0.3 is 24.0 Å². The number of aromatic nitrogens is 2. The molecule has 1 aromatic heterocycles.